The molecular weight excluding hydrogens is 230 g/mol. The van der Waals surface area contributed by atoms with Crippen molar-refractivity contribution in [1.29, 1.82) is 0 Å². The van der Waals surface area contributed by atoms with Gasteiger partial charge in [-0.15, -0.1) is 13.2 Å². The predicted molar refractivity (Wildman–Crippen MR) is 60.2 cm³/mol. The number of rotatable bonds is 9. The number of ether oxygens (including phenoxy) is 2. The molecule has 0 saturated heterocycles. The smallest absolute Gasteiger partial charge is 0.336 e. The van der Waals surface area contributed by atoms with E-state index in [2.05, 4.69) is 13.2 Å². The number of carboxylic acids is 2. The zero-order valence-corrected chi connectivity index (χ0v) is 9.37. The van der Waals surface area contributed by atoms with Crippen LogP contribution in [0.5, 0.6) is 0 Å². The van der Waals surface area contributed by atoms with E-state index < -0.39 is 24.1 Å². The second kappa shape index (κ2) is 9.52. The highest BCUT2D eigenvalue weighted by molar-refractivity contribution is 5.83. The highest BCUT2D eigenvalue weighted by atomic mass is 16.6. The molecule has 2 unspecified atom stereocenters. The van der Waals surface area contributed by atoms with Gasteiger partial charge in [0, 0.05) is 0 Å². The molecule has 0 bridgehead atoms. The van der Waals surface area contributed by atoms with Gasteiger partial charge in [-0.3, -0.25) is 0 Å². The Labute approximate surface area is 98.9 Å². The third-order valence-corrected chi connectivity index (χ3v) is 1.55. The third-order valence-electron chi connectivity index (χ3n) is 1.55. The van der Waals surface area contributed by atoms with Gasteiger partial charge in [-0.05, 0) is 0 Å². The summed E-state index contributed by atoms with van der Waals surface area (Å²) < 4.78 is 9.63. The first-order chi connectivity index (χ1) is 7.54. The fourth-order valence-electron chi connectivity index (χ4n) is 0.920. The number of hydrogen-bond donors (Lipinski definition) is 3. The van der Waals surface area contributed by atoms with Crippen LogP contribution in [0, 0.1) is 0 Å². The Bertz CT molecular complexity index is 250. The summed E-state index contributed by atoms with van der Waals surface area (Å²) in [7, 11) is 0. The van der Waals surface area contributed by atoms with Gasteiger partial charge < -0.3 is 25.8 Å². The normalized spacial score (nSPS) is 12.9. The quantitative estimate of drug-likeness (QED) is 0.505. The largest absolute Gasteiger partial charge is 0.479 e. The Morgan fingerprint density at radius 3 is 1.47 bits per heavy atom. The van der Waals surface area contributed by atoms with Crippen LogP contribution in [0.2, 0.25) is 0 Å². The third kappa shape index (κ3) is 6.46. The van der Waals surface area contributed by atoms with Crippen molar-refractivity contribution in [3.8, 4) is 0 Å². The standard InChI is InChI=1S/C10H14O6.H3N/c1-3-5-15-7(9(11)12)8(10(13)14)16-6-4-2;/h3-4,7-8H,1-2,5-6H2,(H,11,12)(H,13,14);1H3. The summed E-state index contributed by atoms with van der Waals surface area (Å²) in [5.41, 5.74) is 0. The monoisotopic (exact) mass is 247 g/mol. The van der Waals surface area contributed by atoms with Crippen LogP contribution in [0.4, 0.5) is 0 Å². The Hall–Kier alpha value is -1.70. The van der Waals surface area contributed by atoms with Gasteiger partial charge in [0.15, 0.2) is 12.2 Å². The summed E-state index contributed by atoms with van der Waals surface area (Å²) in [6.45, 7) is 6.53. The first kappa shape index (κ1) is 17.7. The first-order valence-corrected chi connectivity index (χ1v) is 4.45. The Balaban J connectivity index is 0. The molecule has 0 heterocycles. The number of hydrogen-bond acceptors (Lipinski definition) is 5. The SMILES string of the molecule is C=CCOC(C(=O)O)C(OCC=C)C(=O)O.N. The number of carboxylic acid groups (broad SMARTS) is 2. The van der Waals surface area contributed by atoms with Gasteiger partial charge in [0.2, 0.25) is 0 Å². The minimum Gasteiger partial charge on any atom is -0.479 e. The highest BCUT2D eigenvalue weighted by Gasteiger charge is 2.35. The molecule has 98 valence electrons. The van der Waals surface area contributed by atoms with Crippen LogP contribution in [-0.4, -0.2) is 47.6 Å². The second-order valence-corrected chi connectivity index (χ2v) is 2.76. The molecule has 0 aromatic rings. The van der Waals surface area contributed by atoms with E-state index in [1.54, 1.807) is 0 Å². The molecule has 0 fully saturated rings. The summed E-state index contributed by atoms with van der Waals surface area (Å²) in [6, 6.07) is 0. The van der Waals surface area contributed by atoms with Gasteiger partial charge in [-0.25, -0.2) is 9.59 Å². The molecular formula is C10H17NO6. The van der Waals surface area contributed by atoms with Crippen LogP contribution >= 0.6 is 0 Å². The van der Waals surface area contributed by atoms with Crippen LogP contribution in [0.1, 0.15) is 0 Å². The molecule has 0 spiro atoms. The fourth-order valence-corrected chi connectivity index (χ4v) is 0.920. The number of carbonyl (C=O) groups is 2. The van der Waals surface area contributed by atoms with Gasteiger partial charge in [0.05, 0.1) is 13.2 Å². The molecule has 0 aliphatic rings. The lowest BCUT2D eigenvalue weighted by Gasteiger charge is -2.19. The van der Waals surface area contributed by atoms with Gasteiger partial charge in [-0.2, -0.15) is 0 Å². The van der Waals surface area contributed by atoms with E-state index in [9.17, 15) is 9.59 Å². The van der Waals surface area contributed by atoms with E-state index in [0.717, 1.165) is 0 Å². The van der Waals surface area contributed by atoms with Crippen molar-refractivity contribution in [2.75, 3.05) is 13.2 Å². The maximum absolute atomic E-state index is 10.8. The molecule has 0 aliphatic heterocycles. The molecule has 0 aromatic heterocycles. The molecule has 0 aliphatic carbocycles. The lowest BCUT2D eigenvalue weighted by molar-refractivity contribution is -0.174. The summed E-state index contributed by atoms with van der Waals surface area (Å²) in [5.74, 6) is -2.81. The fraction of sp³-hybridized carbons (Fsp3) is 0.400. The lowest BCUT2D eigenvalue weighted by atomic mass is 10.2. The maximum atomic E-state index is 10.8. The zero-order chi connectivity index (χ0) is 12.6. The summed E-state index contributed by atoms with van der Waals surface area (Å²) >= 11 is 0. The van der Waals surface area contributed by atoms with Gasteiger partial charge in [0.1, 0.15) is 0 Å². The number of aliphatic carboxylic acids is 2. The summed E-state index contributed by atoms with van der Waals surface area (Å²) in [5, 5.41) is 17.6. The van der Waals surface area contributed by atoms with Gasteiger partial charge in [-0.1, -0.05) is 12.2 Å². The summed E-state index contributed by atoms with van der Waals surface area (Å²) in [4.78, 5) is 21.6. The molecule has 5 N–H and O–H groups in total. The van der Waals surface area contributed by atoms with Crippen molar-refractivity contribution in [1.82, 2.24) is 6.15 Å². The molecule has 2 atom stereocenters. The Morgan fingerprint density at radius 2 is 1.29 bits per heavy atom. The van der Waals surface area contributed by atoms with Crippen LogP contribution in [-0.2, 0) is 19.1 Å². The van der Waals surface area contributed by atoms with Crippen molar-refractivity contribution in [2.24, 2.45) is 0 Å². The zero-order valence-electron chi connectivity index (χ0n) is 9.37. The molecule has 7 nitrogen and oxygen atoms in total. The van der Waals surface area contributed by atoms with E-state index in [1.165, 1.54) is 12.2 Å². The average molecular weight is 247 g/mol. The molecule has 7 heteroatoms. The molecule has 0 amide bonds. The molecule has 17 heavy (non-hydrogen) atoms. The van der Waals surface area contributed by atoms with E-state index in [-0.39, 0.29) is 19.4 Å². The van der Waals surface area contributed by atoms with Crippen molar-refractivity contribution in [3.63, 3.8) is 0 Å². The second-order valence-electron chi connectivity index (χ2n) is 2.76. The Kier molecular flexibility index (Phi) is 9.91. The van der Waals surface area contributed by atoms with Crippen molar-refractivity contribution in [2.45, 2.75) is 12.2 Å². The summed E-state index contributed by atoms with van der Waals surface area (Å²) in [6.07, 6.45) is -0.504. The molecule has 0 rings (SSSR count). The van der Waals surface area contributed by atoms with Gasteiger partial charge in [0.25, 0.3) is 0 Å². The van der Waals surface area contributed by atoms with Crippen LogP contribution < -0.4 is 6.15 Å². The van der Waals surface area contributed by atoms with E-state index in [1.807, 2.05) is 0 Å². The minimum absolute atomic E-state index is 0. The van der Waals surface area contributed by atoms with Crippen molar-refractivity contribution in [3.05, 3.63) is 25.3 Å². The first-order valence-electron chi connectivity index (χ1n) is 4.45. The van der Waals surface area contributed by atoms with Crippen molar-refractivity contribution < 1.29 is 29.3 Å². The lowest BCUT2D eigenvalue weighted by Crippen LogP contribution is -2.43. The van der Waals surface area contributed by atoms with E-state index in [0.29, 0.717) is 0 Å². The van der Waals surface area contributed by atoms with Crippen LogP contribution in [0.3, 0.4) is 0 Å². The Morgan fingerprint density at radius 1 is 1.00 bits per heavy atom. The van der Waals surface area contributed by atoms with Gasteiger partial charge >= 0.3 is 11.9 Å². The van der Waals surface area contributed by atoms with Crippen LogP contribution in [0.25, 0.3) is 0 Å². The predicted octanol–water partition coefficient (Wildman–Crippen LogP) is 0.460. The minimum atomic E-state index is -1.57. The molecule has 0 saturated carbocycles. The highest BCUT2D eigenvalue weighted by Crippen LogP contribution is 2.06. The van der Waals surface area contributed by atoms with E-state index >= 15 is 0 Å². The molecule has 0 radical (unpaired) electrons. The van der Waals surface area contributed by atoms with Crippen LogP contribution in [0.15, 0.2) is 25.3 Å². The van der Waals surface area contributed by atoms with Crippen molar-refractivity contribution >= 4 is 11.9 Å². The molecule has 0 aromatic carbocycles. The topological polar surface area (TPSA) is 128 Å². The van der Waals surface area contributed by atoms with E-state index in [4.69, 9.17) is 19.7 Å². The average Bonchev–Trinajstić information content (AvgIpc) is 2.21. The maximum Gasteiger partial charge on any atom is 0.336 e.